The molecule has 30 heavy (non-hydrogen) atoms. The first kappa shape index (κ1) is 19.6. The van der Waals surface area contributed by atoms with Crippen molar-refractivity contribution in [2.75, 3.05) is 10.0 Å². The summed E-state index contributed by atoms with van der Waals surface area (Å²) >= 11 is 0. The second kappa shape index (κ2) is 7.60. The number of aromatic amines is 1. The number of hydrogen-bond acceptors (Lipinski definition) is 3. The van der Waals surface area contributed by atoms with E-state index in [0.29, 0.717) is 17.4 Å². The van der Waals surface area contributed by atoms with E-state index >= 15 is 0 Å². The molecule has 4 rings (SSSR count). The number of aromatic nitrogens is 1. The fourth-order valence-electron chi connectivity index (χ4n) is 2.87. The minimum Gasteiger partial charge on any atom is -0.351 e. The van der Waals surface area contributed by atoms with Gasteiger partial charge in [-0.15, -0.1) is 0 Å². The standard InChI is InChI=1S/C21H15F2N3O3S/c22-17-10-9-16(12-18(17)23)30(28,29)26-15-7-5-14(6-8-15)24-21(27)20-11-13-3-1-2-4-19(13)25-20/h1-12,25-26H,(H,24,27). The molecule has 1 heterocycles. The predicted molar refractivity (Wildman–Crippen MR) is 110 cm³/mol. The Labute approximate surface area is 170 Å². The molecule has 0 bridgehead atoms. The number of amides is 1. The molecule has 0 saturated heterocycles. The van der Waals surface area contributed by atoms with E-state index in [1.54, 1.807) is 6.07 Å². The van der Waals surface area contributed by atoms with Crippen LogP contribution in [0.3, 0.4) is 0 Å². The van der Waals surface area contributed by atoms with Crippen LogP contribution in [0.5, 0.6) is 0 Å². The van der Waals surface area contributed by atoms with Crippen LogP contribution in [0, 0.1) is 11.6 Å². The highest BCUT2D eigenvalue weighted by Gasteiger charge is 2.17. The molecule has 0 spiro atoms. The summed E-state index contributed by atoms with van der Waals surface area (Å²) in [5.41, 5.74) is 1.88. The largest absolute Gasteiger partial charge is 0.351 e. The van der Waals surface area contributed by atoms with Crippen LogP contribution in [0.25, 0.3) is 10.9 Å². The second-order valence-corrected chi connectivity index (χ2v) is 8.17. The number of anilines is 2. The number of halogens is 2. The van der Waals surface area contributed by atoms with Gasteiger partial charge in [0.05, 0.1) is 4.90 Å². The summed E-state index contributed by atoms with van der Waals surface area (Å²) in [5, 5.41) is 3.62. The predicted octanol–water partition coefficient (Wildman–Crippen LogP) is 4.50. The summed E-state index contributed by atoms with van der Waals surface area (Å²) in [6, 6.07) is 17.4. The van der Waals surface area contributed by atoms with Crippen LogP contribution >= 0.6 is 0 Å². The first-order valence-corrected chi connectivity index (χ1v) is 10.3. The van der Waals surface area contributed by atoms with Crippen molar-refractivity contribution >= 4 is 38.2 Å². The third kappa shape index (κ3) is 4.01. The Kier molecular flexibility index (Phi) is 4.96. The van der Waals surface area contributed by atoms with Crippen molar-refractivity contribution in [1.29, 1.82) is 0 Å². The van der Waals surface area contributed by atoms with Gasteiger partial charge in [-0.3, -0.25) is 9.52 Å². The van der Waals surface area contributed by atoms with Crippen LogP contribution in [0.2, 0.25) is 0 Å². The molecule has 0 radical (unpaired) electrons. The van der Waals surface area contributed by atoms with Gasteiger partial charge in [0.15, 0.2) is 11.6 Å². The zero-order valence-electron chi connectivity index (χ0n) is 15.3. The van der Waals surface area contributed by atoms with E-state index in [1.165, 1.54) is 24.3 Å². The molecule has 0 unspecified atom stereocenters. The molecule has 0 aliphatic carbocycles. The molecule has 1 amide bonds. The quantitative estimate of drug-likeness (QED) is 0.438. The maximum atomic E-state index is 13.3. The SMILES string of the molecule is O=C(Nc1ccc(NS(=O)(=O)c2ccc(F)c(F)c2)cc1)c1cc2ccccc2[nH]1. The highest BCUT2D eigenvalue weighted by atomic mass is 32.2. The summed E-state index contributed by atoms with van der Waals surface area (Å²) < 4.78 is 53.3. The van der Waals surface area contributed by atoms with Crippen molar-refractivity contribution in [3.8, 4) is 0 Å². The van der Waals surface area contributed by atoms with Crippen molar-refractivity contribution in [2.45, 2.75) is 4.90 Å². The lowest BCUT2D eigenvalue weighted by atomic mass is 10.2. The Morgan fingerprint density at radius 3 is 2.23 bits per heavy atom. The molecule has 152 valence electrons. The maximum Gasteiger partial charge on any atom is 0.272 e. The summed E-state index contributed by atoms with van der Waals surface area (Å²) in [6.07, 6.45) is 0. The molecule has 0 aliphatic heterocycles. The van der Waals surface area contributed by atoms with Crippen molar-refractivity contribution in [3.63, 3.8) is 0 Å². The van der Waals surface area contributed by atoms with Crippen LogP contribution in [0.15, 0.2) is 77.7 Å². The summed E-state index contributed by atoms with van der Waals surface area (Å²) in [7, 11) is -4.10. The first-order valence-electron chi connectivity index (χ1n) is 8.79. The van der Waals surface area contributed by atoms with Gasteiger partial charge < -0.3 is 10.3 Å². The molecule has 0 fully saturated rings. The van der Waals surface area contributed by atoms with Gasteiger partial charge >= 0.3 is 0 Å². The number of carbonyl (C=O) groups is 1. The molecule has 6 nitrogen and oxygen atoms in total. The van der Waals surface area contributed by atoms with Gasteiger partial charge in [0.2, 0.25) is 0 Å². The Morgan fingerprint density at radius 2 is 1.53 bits per heavy atom. The number of benzene rings is 3. The topological polar surface area (TPSA) is 91.1 Å². The van der Waals surface area contributed by atoms with Gasteiger partial charge in [-0.25, -0.2) is 17.2 Å². The average Bonchev–Trinajstić information content (AvgIpc) is 3.16. The monoisotopic (exact) mass is 427 g/mol. The number of hydrogen-bond donors (Lipinski definition) is 3. The van der Waals surface area contributed by atoms with Gasteiger partial charge in [0.25, 0.3) is 15.9 Å². The van der Waals surface area contributed by atoms with E-state index in [2.05, 4.69) is 15.0 Å². The second-order valence-electron chi connectivity index (χ2n) is 6.48. The fourth-order valence-corrected chi connectivity index (χ4v) is 3.94. The zero-order chi connectivity index (χ0) is 21.3. The summed E-state index contributed by atoms with van der Waals surface area (Å²) in [5.74, 6) is -2.74. The Morgan fingerprint density at radius 1 is 0.833 bits per heavy atom. The van der Waals surface area contributed by atoms with Gasteiger partial charge in [-0.1, -0.05) is 18.2 Å². The molecule has 0 aliphatic rings. The number of H-pyrrole nitrogens is 1. The molecule has 4 aromatic rings. The normalized spacial score (nSPS) is 11.4. The summed E-state index contributed by atoms with van der Waals surface area (Å²) in [6.45, 7) is 0. The van der Waals surface area contributed by atoms with Crippen molar-refractivity contribution in [3.05, 3.63) is 90.1 Å². The molecule has 3 N–H and O–H groups in total. The average molecular weight is 427 g/mol. The zero-order valence-corrected chi connectivity index (χ0v) is 16.1. The molecule has 0 saturated carbocycles. The van der Waals surface area contributed by atoms with Crippen LogP contribution in [0.4, 0.5) is 20.2 Å². The van der Waals surface area contributed by atoms with Crippen molar-refractivity contribution in [2.24, 2.45) is 0 Å². The van der Waals surface area contributed by atoms with E-state index in [1.807, 2.05) is 24.3 Å². The van der Waals surface area contributed by atoms with Gasteiger partial charge in [0, 0.05) is 22.3 Å². The molecular weight excluding hydrogens is 412 g/mol. The van der Waals surface area contributed by atoms with E-state index in [4.69, 9.17) is 0 Å². The maximum absolute atomic E-state index is 13.3. The first-order chi connectivity index (χ1) is 14.3. The third-order valence-corrected chi connectivity index (χ3v) is 5.75. The number of para-hydroxylation sites is 1. The lowest BCUT2D eigenvalue weighted by Crippen LogP contribution is -2.14. The number of rotatable bonds is 5. The molecule has 9 heteroatoms. The van der Waals surface area contributed by atoms with E-state index in [9.17, 15) is 22.0 Å². The van der Waals surface area contributed by atoms with Crippen LogP contribution in [0.1, 0.15) is 10.5 Å². The highest BCUT2D eigenvalue weighted by molar-refractivity contribution is 7.92. The van der Waals surface area contributed by atoms with E-state index in [0.717, 1.165) is 23.0 Å². The number of fused-ring (bicyclic) bond motifs is 1. The number of nitrogens with one attached hydrogen (secondary N) is 3. The van der Waals surface area contributed by atoms with Crippen molar-refractivity contribution in [1.82, 2.24) is 4.98 Å². The smallest absolute Gasteiger partial charge is 0.272 e. The highest BCUT2D eigenvalue weighted by Crippen LogP contribution is 2.21. The molecular formula is C21H15F2N3O3S. The minimum atomic E-state index is -4.10. The minimum absolute atomic E-state index is 0.198. The third-order valence-electron chi connectivity index (χ3n) is 4.37. The van der Waals surface area contributed by atoms with E-state index in [-0.39, 0.29) is 11.6 Å². The Balaban J connectivity index is 1.47. The van der Waals surface area contributed by atoms with Gasteiger partial charge in [-0.05, 0) is 54.6 Å². The lowest BCUT2D eigenvalue weighted by Gasteiger charge is -2.10. The molecule has 3 aromatic carbocycles. The number of sulfonamides is 1. The molecule has 0 atom stereocenters. The van der Waals surface area contributed by atoms with E-state index < -0.39 is 26.6 Å². The number of carbonyl (C=O) groups excluding carboxylic acids is 1. The van der Waals surface area contributed by atoms with Crippen LogP contribution < -0.4 is 10.0 Å². The van der Waals surface area contributed by atoms with Crippen molar-refractivity contribution < 1.29 is 22.0 Å². The Hall–Kier alpha value is -3.72. The Bertz CT molecular complexity index is 1320. The fraction of sp³-hybridized carbons (Fsp3) is 0. The lowest BCUT2D eigenvalue weighted by molar-refractivity contribution is 0.102. The summed E-state index contributed by atoms with van der Waals surface area (Å²) in [4.78, 5) is 15.0. The van der Waals surface area contributed by atoms with Gasteiger partial charge in [-0.2, -0.15) is 0 Å². The van der Waals surface area contributed by atoms with Gasteiger partial charge in [0.1, 0.15) is 5.69 Å². The van der Waals surface area contributed by atoms with Crippen LogP contribution in [-0.4, -0.2) is 19.3 Å². The van der Waals surface area contributed by atoms with Crippen LogP contribution in [-0.2, 0) is 10.0 Å². The molecule has 1 aromatic heterocycles.